The second-order valence-electron chi connectivity index (χ2n) is 3.54. The molecule has 0 bridgehead atoms. The van der Waals surface area contributed by atoms with Crippen LogP contribution in [0.3, 0.4) is 0 Å². The summed E-state index contributed by atoms with van der Waals surface area (Å²) in [6.07, 6.45) is 0. The van der Waals surface area contributed by atoms with Crippen molar-refractivity contribution in [1.82, 2.24) is 4.90 Å². The van der Waals surface area contributed by atoms with E-state index in [0.717, 1.165) is 25.2 Å². The molecule has 1 aromatic carbocycles. The van der Waals surface area contributed by atoms with Crippen molar-refractivity contribution in [3.8, 4) is 5.75 Å². The predicted molar refractivity (Wildman–Crippen MR) is 60.7 cm³/mol. The number of nitrogens with zero attached hydrogens (tertiary/aromatic N) is 1. The molecule has 2 N–H and O–H groups in total. The van der Waals surface area contributed by atoms with Gasteiger partial charge in [-0.3, -0.25) is 4.90 Å². The number of benzene rings is 1. The fraction of sp³-hybridized carbons (Fsp3) is 0.500. The zero-order valence-electron chi connectivity index (χ0n) is 9.40. The summed E-state index contributed by atoms with van der Waals surface area (Å²) in [6, 6.07) is 5.50. The molecule has 0 saturated heterocycles. The number of aromatic hydroxyl groups is 1. The number of rotatable bonds is 5. The van der Waals surface area contributed by atoms with Gasteiger partial charge in [0.2, 0.25) is 0 Å². The molecule has 0 atom stereocenters. The van der Waals surface area contributed by atoms with Gasteiger partial charge in [-0.1, -0.05) is 32.0 Å². The van der Waals surface area contributed by atoms with Crippen molar-refractivity contribution in [2.45, 2.75) is 27.0 Å². The molecular formula is C12H19NO2. The van der Waals surface area contributed by atoms with E-state index in [1.807, 2.05) is 12.1 Å². The molecule has 0 heterocycles. The topological polar surface area (TPSA) is 43.7 Å². The number of hydrogen-bond acceptors (Lipinski definition) is 3. The maximum atomic E-state index is 9.84. The maximum Gasteiger partial charge on any atom is 0.125 e. The average molecular weight is 209 g/mol. The average Bonchev–Trinajstić information content (AvgIpc) is 2.28. The summed E-state index contributed by atoms with van der Waals surface area (Å²) < 4.78 is 0. The highest BCUT2D eigenvalue weighted by Gasteiger charge is 2.08. The quantitative estimate of drug-likeness (QED) is 0.776. The predicted octanol–water partition coefficient (Wildman–Crippen LogP) is 1.73. The molecule has 0 radical (unpaired) electrons. The van der Waals surface area contributed by atoms with Gasteiger partial charge in [0.05, 0.1) is 6.61 Å². The van der Waals surface area contributed by atoms with E-state index >= 15 is 0 Å². The molecule has 15 heavy (non-hydrogen) atoms. The summed E-state index contributed by atoms with van der Waals surface area (Å²) in [5, 5.41) is 18.9. The normalized spacial score (nSPS) is 10.9. The summed E-state index contributed by atoms with van der Waals surface area (Å²) in [6.45, 7) is 6.72. The van der Waals surface area contributed by atoms with Crippen molar-refractivity contribution in [3.05, 3.63) is 29.3 Å². The molecule has 1 aromatic rings. The number of aliphatic hydroxyl groups excluding tert-OH is 1. The van der Waals surface area contributed by atoms with E-state index in [-0.39, 0.29) is 12.4 Å². The molecule has 84 valence electrons. The van der Waals surface area contributed by atoms with Crippen molar-refractivity contribution in [3.63, 3.8) is 0 Å². The van der Waals surface area contributed by atoms with E-state index in [0.29, 0.717) is 5.56 Å². The highest BCUT2D eigenvalue weighted by molar-refractivity contribution is 5.39. The van der Waals surface area contributed by atoms with Gasteiger partial charge in [0.25, 0.3) is 0 Å². The fourth-order valence-electron chi connectivity index (χ4n) is 1.59. The third kappa shape index (κ3) is 2.94. The van der Waals surface area contributed by atoms with Gasteiger partial charge in [-0.15, -0.1) is 0 Å². The molecular weight excluding hydrogens is 190 g/mol. The molecule has 3 nitrogen and oxygen atoms in total. The van der Waals surface area contributed by atoms with Crippen LogP contribution in [0, 0.1) is 0 Å². The Labute approximate surface area is 91.0 Å². The number of hydrogen-bond donors (Lipinski definition) is 2. The number of phenols is 1. The monoisotopic (exact) mass is 209 g/mol. The second kappa shape index (κ2) is 5.73. The van der Waals surface area contributed by atoms with E-state index < -0.39 is 0 Å². The minimum atomic E-state index is -0.113. The van der Waals surface area contributed by atoms with Gasteiger partial charge < -0.3 is 10.2 Å². The smallest absolute Gasteiger partial charge is 0.125 e. The van der Waals surface area contributed by atoms with Crippen LogP contribution in [0.2, 0.25) is 0 Å². The van der Waals surface area contributed by atoms with E-state index in [9.17, 15) is 5.11 Å². The lowest BCUT2D eigenvalue weighted by molar-refractivity contribution is 0.270. The Morgan fingerprint density at radius 2 is 1.73 bits per heavy atom. The summed E-state index contributed by atoms with van der Waals surface area (Å²) in [4.78, 5) is 2.22. The molecule has 0 aliphatic heterocycles. The van der Waals surface area contributed by atoms with Crippen LogP contribution in [-0.4, -0.2) is 28.2 Å². The van der Waals surface area contributed by atoms with Gasteiger partial charge in [-0.2, -0.15) is 0 Å². The first-order chi connectivity index (χ1) is 7.22. The first-order valence-electron chi connectivity index (χ1n) is 5.35. The lowest BCUT2D eigenvalue weighted by Gasteiger charge is -2.19. The Morgan fingerprint density at radius 3 is 2.27 bits per heavy atom. The maximum absolute atomic E-state index is 9.84. The zero-order chi connectivity index (χ0) is 11.3. The van der Waals surface area contributed by atoms with Crippen LogP contribution in [0.5, 0.6) is 5.75 Å². The third-order valence-corrected chi connectivity index (χ3v) is 2.66. The van der Waals surface area contributed by atoms with E-state index in [2.05, 4.69) is 18.7 Å². The van der Waals surface area contributed by atoms with Gasteiger partial charge in [0, 0.05) is 17.7 Å². The minimum absolute atomic E-state index is 0.113. The van der Waals surface area contributed by atoms with Gasteiger partial charge in [0.15, 0.2) is 0 Å². The largest absolute Gasteiger partial charge is 0.507 e. The third-order valence-electron chi connectivity index (χ3n) is 2.66. The molecule has 0 spiro atoms. The van der Waals surface area contributed by atoms with Gasteiger partial charge in [-0.05, 0) is 13.1 Å². The number of para-hydroxylation sites is 1. The van der Waals surface area contributed by atoms with Gasteiger partial charge >= 0.3 is 0 Å². The molecule has 0 fully saturated rings. The summed E-state index contributed by atoms with van der Waals surface area (Å²) in [5.74, 6) is 0.229. The first-order valence-corrected chi connectivity index (χ1v) is 5.35. The molecule has 0 aliphatic rings. The summed E-state index contributed by atoms with van der Waals surface area (Å²) >= 11 is 0. The van der Waals surface area contributed by atoms with Crippen LogP contribution < -0.4 is 0 Å². The lowest BCUT2D eigenvalue weighted by atomic mass is 10.1. The molecule has 3 heteroatoms. The molecule has 0 aliphatic carbocycles. The second-order valence-corrected chi connectivity index (χ2v) is 3.54. The first kappa shape index (κ1) is 12.0. The molecule has 0 aromatic heterocycles. The van der Waals surface area contributed by atoms with Gasteiger partial charge in [0.1, 0.15) is 5.75 Å². The Hall–Kier alpha value is -1.06. The van der Waals surface area contributed by atoms with Crippen LogP contribution in [0.1, 0.15) is 25.0 Å². The van der Waals surface area contributed by atoms with Crippen LogP contribution in [0.15, 0.2) is 18.2 Å². The van der Waals surface area contributed by atoms with Crippen LogP contribution >= 0.6 is 0 Å². The Bertz CT molecular complexity index is 308. The van der Waals surface area contributed by atoms with Crippen molar-refractivity contribution in [2.24, 2.45) is 0 Å². The Morgan fingerprint density at radius 1 is 1.13 bits per heavy atom. The molecule has 0 amide bonds. The number of aliphatic hydroxyl groups is 1. The van der Waals surface area contributed by atoms with Crippen molar-refractivity contribution < 1.29 is 10.2 Å². The highest BCUT2D eigenvalue weighted by atomic mass is 16.3. The Balaban J connectivity index is 2.85. The SMILES string of the molecule is CCN(CC)Cc1cccc(CO)c1O. The van der Waals surface area contributed by atoms with Crippen LogP contribution in [0.25, 0.3) is 0 Å². The van der Waals surface area contributed by atoms with Crippen LogP contribution in [-0.2, 0) is 13.2 Å². The van der Waals surface area contributed by atoms with Crippen molar-refractivity contribution in [2.75, 3.05) is 13.1 Å². The molecule has 1 rings (SSSR count). The molecule has 0 unspecified atom stereocenters. The van der Waals surface area contributed by atoms with E-state index in [4.69, 9.17) is 5.11 Å². The molecule has 0 saturated carbocycles. The van der Waals surface area contributed by atoms with E-state index in [1.54, 1.807) is 6.07 Å². The van der Waals surface area contributed by atoms with Crippen molar-refractivity contribution in [1.29, 1.82) is 0 Å². The van der Waals surface area contributed by atoms with Gasteiger partial charge in [-0.25, -0.2) is 0 Å². The zero-order valence-corrected chi connectivity index (χ0v) is 9.40. The Kier molecular flexibility index (Phi) is 4.59. The van der Waals surface area contributed by atoms with E-state index in [1.165, 1.54) is 0 Å². The summed E-state index contributed by atoms with van der Waals surface area (Å²) in [5.41, 5.74) is 1.48. The van der Waals surface area contributed by atoms with Crippen molar-refractivity contribution >= 4 is 0 Å². The van der Waals surface area contributed by atoms with Crippen LogP contribution in [0.4, 0.5) is 0 Å². The highest BCUT2D eigenvalue weighted by Crippen LogP contribution is 2.23. The lowest BCUT2D eigenvalue weighted by Crippen LogP contribution is -2.22. The summed E-state index contributed by atoms with van der Waals surface area (Å²) in [7, 11) is 0. The minimum Gasteiger partial charge on any atom is -0.507 e. The fourth-order valence-corrected chi connectivity index (χ4v) is 1.59. The standard InChI is InChI=1S/C12H19NO2/c1-3-13(4-2)8-10-6-5-7-11(9-14)12(10)15/h5-7,14-15H,3-4,8-9H2,1-2H3.